The maximum Gasteiger partial charge on any atom is 0.238 e. The summed E-state index contributed by atoms with van der Waals surface area (Å²) in [6.07, 6.45) is 0. The Morgan fingerprint density at radius 3 is 2.54 bits per heavy atom. The van der Waals surface area contributed by atoms with Crippen LogP contribution in [0.15, 0.2) is 57.8 Å². The summed E-state index contributed by atoms with van der Waals surface area (Å²) < 4.78 is 28.6. The molecule has 2 aromatic heterocycles. The van der Waals surface area contributed by atoms with Crippen molar-refractivity contribution in [3.63, 3.8) is 0 Å². The first kappa shape index (κ1) is 16.5. The molecule has 0 radical (unpaired) electrons. The summed E-state index contributed by atoms with van der Waals surface area (Å²) in [5.74, 6) is 1.23. The predicted molar refractivity (Wildman–Crippen MR) is 99.2 cm³/mol. The Bertz CT molecular complexity index is 1210. The number of hydrogen-bond acceptors (Lipinski definition) is 6. The molecule has 4 rings (SSSR count). The minimum absolute atomic E-state index is 0.0822. The van der Waals surface area contributed by atoms with Crippen LogP contribution in [-0.4, -0.2) is 18.4 Å². The van der Waals surface area contributed by atoms with Gasteiger partial charge in [-0.05, 0) is 36.8 Å². The van der Waals surface area contributed by atoms with E-state index in [1.165, 1.54) is 12.1 Å². The van der Waals surface area contributed by atoms with Crippen LogP contribution in [0.5, 0.6) is 0 Å². The smallest absolute Gasteiger partial charge is 0.238 e. The summed E-state index contributed by atoms with van der Waals surface area (Å²) in [5, 5.41) is 9.29. The Balaban J connectivity index is 1.67. The quantitative estimate of drug-likeness (QED) is 0.573. The molecule has 0 aliphatic rings. The van der Waals surface area contributed by atoms with Crippen LogP contribution in [0.25, 0.3) is 22.1 Å². The Morgan fingerprint density at radius 1 is 1.08 bits per heavy atom. The van der Waals surface area contributed by atoms with E-state index in [4.69, 9.17) is 9.56 Å². The molecule has 0 bridgehead atoms. The van der Waals surface area contributed by atoms with Gasteiger partial charge in [0.25, 0.3) is 0 Å². The van der Waals surface area contributed by atoms with Gasteiger partial charge >= 0.3 is 0 Å². The number of rotatable bonds is 4. The maximum atomic E-state index is 11.3. The summed E-state index contributed by atoms with van der Waals surface area (Å²) in [6, 6.07) is 14.1. The molecule has 8 heteroatoms. The molecule has 2 aromatic carbocycles. The van der Waals surface area contributed by atoms with Gasteiger partial charge in [-0.2, -0.15) is 0 Å². The monoisotopic (exact) mass is 368 g/mol. The average molecular weight is 368 g/mol. The second kappa shape index (κ2) is 6.08. The van der Waals surface area contributed by atoms with Gasteiger partial charge < -0.3 is 9.73 Å². The zero-order valence-electron chi connectivity index (χ0n) is 13.9. The van der Waals surface area contributed by atoms with E-state index < -0.39 is 10.0 Å². The van der Waals surface area contributed by atoms with Gasteiger partial charge in [0.05, 0.1) is 4.90 Å². The molecule has 7 nitrogen and oxygen atoms in total. The number of primary sulfonamides is 1. The molecule has 0 saturated heterocycles. The third kappa shape index (κ3) is 3.00. The van der Waals surface area contributed by atoms with Gasteiger partial charge in [0.1, 0.15) is 16.9 Å². The molecule has 2 heterocycles. The fourth-order valence-corrected chi connectivity index (χ4v) is 3.32. The highest BCUT2D eigenvalue weighted by Gasteiger charge is 2.14. The molecule has 0 spiro atoms. The van der Waals surface area contributed by atoms with Crippen molar-refractivity contribution in [2.45, 2.75) is 18.4 Å². The highest BCUT2D eigenvalue weighted by atomic mass is 32.2. The van der Waals surface area contributed by atoms with E-state index in [0.29, 0.717) is 23.8 Å². The lowest BCUT2D eigenvalue weighted by molar-refractivity contribution is 0.598. The summed E-state index contributed by atoms with van der Waals surface area (Å²) in [4.78, 5) is 9.01. The molecule has 26 heavy (non-hydrogen) atoms. The van der Waals surface area contributed by atoms with Crippen LogP contribution in [0, 0.1) is 6.92 Å². The largest absolute Gasteiger partial charge is 0.450 e. The van der Waals surface area contributed by atoms with Crippen molar-refractivity contribution >= 4 is 37.9 Å². The van der Waals surface area contributed by atoms with Crippen molar-refractivity contribution in [3.05, 3.63) is 59.9 Å². The zero-order valence-corrected chi connectivity index (χ0v) is 14.7. The molecule has 0 saturated carbocycles. The summed E-state index contributed by atoms with van der Waals surface area (Å²) in [6.45, 7) is 2.28. The lowest BCUT2D eigenvalue weighted by Crippen LogP contribution is -2.12. The number of nitrogens with zero attached hydrogens (tertiary/aromatic N) is 2. The van der Waals surface area contributed by atoms with Crippen LogP contribution in [0.1, 0.15) is 11.4 Å². The molecule has 0 unspecified atom stereocenters. The van der Waals surface area contributed by atoms with Gasteiger partial charge in [0, 0.05) is 11.9 Å². The van der Waals surface area contributed by atoms with Crippen LogP contribution in [0.4, 0.5) is 5.82 Å². The van der Waals surface area contributed by atoms with Crippen molar-refractivity contribution < 1.29 is 12.8 Å². The minimum atomic E-state index is -3.69. The van der Waals surface area contributed by atoms with Gasteiger partial charge in [-0.3, -0.25) is 0 Å². The fraction of sp³-hybridized carbons (Fsp3) is 0.111. The molecule has 3 N–H and O–H groups in total. The van der Waals surface area contributed by atoms with E-state index in [0.717, 1.165) is 22.0 Å². The highest BCUT2D eigenvalue weighted by molar-refractivity contribution is 7.89. The van der Waals surface area contributed by atoms with Crippen LogP contribution in [0.3, 0.4) is 0 Å². The van der Waals surface area contributed by atoms with Crippen molar-refractivity contribution in [2.24, 2.45) is 5.14 Å². The number of nitrogens with two attached hydrogens (primary N) is 1. The zero-order chi connectivity index (χ0) is 18.3. The molecule has 4 aromatic rings. The van der Waals surface area contributed by atoms with E-state index >= 15 is 0 Å². The van der Waals surface area contributed by atoms with E-state index in [9.17, 15) is 8.42 Å². The Morgan fingerprint density at radius 2 is 1.81 bits per heavy atom. The fourth-order valence-electron chi connectivity index (χ4n) is 2.81. The van der Waals surface area contributed by atoms with Gasteiger partial charge in [0.15, 0.2) is 11.4 Å². The molecular weight excluding hydrogens is 352 g/mol. The normalized spacial score (nSPS) is 11.9. The number of hydrogen-bond donors (Lipinski definition) is 2. The molecule has 0 aliphatic heterocycles. The SMILES string of the molecule is Cc1nc(NCc2ccc(S(N)(=O)=O)cc2)c2oc3ccccc3c2n1. The summed E-state index contributed by atoms with van der Waals surface area (Å²) >= 11 is 0. The molecule has 132 valence electrons. The maximum absolute atomic E-state index is 11.3. The summed E-state index contributed by atoms with van der Waals surface area (Å²) in [7, 11) is -3.69. The van der Waals surface area contributed by atoms with Crippen molar-refractivity contribution in [1.29, 1.82) is 0 Å². The van der Waals surface area contributed by atoms with E-state index in [1.54, 1.807) is 12.1 Å². The first-order chi connectivity index (χ1) is 12.4. The van der Waals surface area contributed by atoms with Gasteiger partial charge in [0.2, 0.25) is 10.0 Å². The van der Waals surface area contributed by atoms with Gasteiger partial charge in [-0.15, -0.1) is 0 Å². The number of aryl methyl sites for hydroxylation is 1. The van der Waals surface area contributed by atoms with E-state index in [1.807, 2.05) is 31.2 Å². The second-order valence-electron chi connectivity index (χ2n) is 5.94. The number of furan rings is 1. The van der Waals surface area contributed by atoms with Crippen LogP contribution >= 0.6 is 0 Å². The van der Waals surface area contributed by atoms with Gasteiger partial charge in [-0.25, -0.2) is 23.5 Å². The Kier molecular flexibility index (Phi) is 3.86. The standard InChI is InChI=1S/C18H16N4O3S/c1-11-21-16-14-4-2-3-5-15(14)25-17(16)18(22-11)20-10-12-6-8-13(9-7-12)26(19,23)24/h2-9H,10H2,1H3,(H2,19,23,24)(H,20,21,22). The van der Waals surface area contributed by atoms with Crippen LogP contribution < -0.4 is 10.5 Å². The molecule has 0 amide bonds. The van der Waals surface area contributed by atoms with Gasteiger partial charge in [-0.1, -0.05) is 24.3 Å². The lowest BCUT2D eigenvalue weighted by atomic mass is 10.2. The number of benzene rings is 2. The lowest BCUT2D eigenvalue weighted by Gasteiger charge is -2.07. The number of sulfonamides is 1. The Labute approximate surface area is 149 Å². The first-order valence-electron chi connectivity index (χ1n) is 7.93. The predicted octanol–water partition coefficient (Wildman–Crippen LogP) is 2.94. The highest BCUT2D eigenvalue weighted by Crippen LogP contribution is 2.31. The van der Waals surface area contributed by atoms with Crippen molar-refractivity contribution in [2.75, 3.05) is 5.32 Å². The second-order valence-corrected chi connectivity index (χ2v) is 7.50. The minimum Gasteiger partial charge on any atom is -0.450 e. The Hall–Kier alpha value is -2.97. The third-order valence-electron chi connectivity index (χ3n) is 4.04. The van der Waals surface area contributed by atoms with Crippen molar-refractivity contribution in [3.8, 4) is 0 Å². The number of aromatic nitrogens is 2. The molecular formula is C18H16N4O3S. The first-order valence-corrected chi connectivity index (χ1v) is 9.48. The average Bonchev–Trinajstić information content (AvgIpc) is 2.98. The number of para-hydroxylation sites is 1. The van der Waals surface area contributed by atoms with Crippen molar-refractivity contribution in [1.82, 2.24) is 9.97 Å². The number of nitrogens with one attached hydrogen (secondary N) is 1. The third-order valence-corrected chi connectivity index (χ3v) is 4.97. The van der Waals surface area contributed by atoms with Crippen LogP contribution in [-0.2, 0) is 16.6 Å². The number of fused-ring (bicyclic) bond motifs is 3. The molecule has 0 atom stereocenters. The molecule has 0 aliphatic carbocycles. The number of anilines is 1. The van der Waals surface area contributed by atoms with E-state index in [-0.39, 0.29) is 4.90 Å². The topological polar surface area (TPSA) is 111 Å². The van der Waals surface area contributed by atoms with E-state index in [2.05, 4.69) is 15.3 Å². The van der Waals surface area contributed by atoms with Crippen LogP contribution in [0.2, 0.25) is 0 Å². The molecule has 0 fully saturated rings. The summed E-state index contributed by atoms with van der Waals surface area (Å²) in [5.41, 5.74) is 3.00.